The third kappa shape index (κ3) is 5.82. The van der Waals surface area contributed by atoms with E-state index in [1.165, 1.54) is 6.20 Å². The molecule has 256 valence electrons. The van der Waals surface area contributed by atoms with Gasteiger partial charge in [0.25, 0.3) is 0 Å². The number of allylic oxidation sites excluding steroid dienone is 4. The van der Waals surface area contributed by atoms with Gasteiger partial charge < -0.3 is 25.0 Å². The van der Waals surface area contributed by atoms with Crippen LogP contribution in [0.5, 0.6) is 6.01 Å². The molecule has 3 aliphatic carbocycles. The highest BCUT2D eigenvalue weighted by molar-refractivity contribution is 8.04. The van der Waals surface area contributed by atoms with E-state index in [0.717, 1.165) is 69.6 Å². The number of hydrogen-bond donors (Lipinski definition) is 1. The van der Waals surface area contributed by atoms with Gasteiger partial charge in [-0.05, 0) is 53.1 Å². The molecule has 2 aliphatic heterocycles. The Bertz CT molecular complexity index is 1770. The molecule has 4 heterocycles. The summed E-state index contributed by atoms with van der Waals surface area (Å²) in [5, 5.41) is 9.28. The van der Waals surface area contributed by atoms with Gasteiger partial charge in [-0.15, -0.1) is 0 Å². The molecule has 2 aromatic heterocycles. The molecule has 3 atom stereocenters. The second-order valence-electron chi connectivity index (χ2n) is 14.2. The number of rotatable bonds is 10. The molecule has 3 fully saturated rings. The van der Waals surface area contributed by atoms with Crippen LogP contribution < -0.4 is 15.4 Å². The van der Waals surface area contributed by atoms with Crippen molar-refractivity contribution in [3.63, 3.8) is 0 Å². The molecule has 0 bridgehead atoms. The number of nitrogens with zero attached hydrogens (tertiary/aromatic N) is 7. The van der Waals surface area contributed by atoms with Gasteiger partial charge in [-0.1, -0.05) is 11.8 Å². The van der Waals surface area contributed by atoms with Crippen molar-refractivity contribution in [3.05, 3.63) is 46.0 Å². The van der Waals surface area contributed by atoms with Gasteiger partial charge in [-0.2, -0.15) is 15.2 Å². The SMILES string of the molecule is C[C@@H]1CN(CC2(COc3nc(N(C)CC4(N(C)C)CCC4)c4cnc(C5=C(F)C=C(F)C6SC(N)=C(C#N)C56)c(F)c4n3)CC2)CCO1. The molecule has 10 nitrogen and oxygen atoms in total. The maximum atomic E-state index is 16.8. The molecular weight excluding hydrogens is 641 g/mol. The lowest BCUT2D eigenvalue weighted by molar-refractivity contribution is -0.0273. The van der Waals surface area contributed by atoms with Gasteiger partial charge >= 0.3 is 6.01 Å². The third-order valence-corrected chi connectivity index (χ3v) is 12.0. The number of likely N-dealkylation sites (N-methyl/N-ethyl adjacent to an activating group) is 2. The van der Waals surface area contributed by atoms with Crippen molar-refractivity contribution >= 4 is 34.1 Å². The Labute approximate surface area is 282 Å². The number of ether oxygens (including phenoxy) is 2. The van der Waals surface area contributed by atoms with Gasteiger partial charge in [0.2, 0.25) is 0 Å². The quantitative estimate of drug-likeness (QED) is 0.368. The number of aromatic nitrogens is 3. The molecule has 1 saturated heterocycles. The number of anilines is 1. The average molecular weight is 683 g/mol. The second kappa shape index (κ2) is 12.5. The molecule has 0 aromatic carbocycles. The van der Waals surface area contributed by atoms with Crippen LogP contribution >= 0.6 is 11.8 Å². The van der Waals surface area contributed by atoms with Gasteiger partial charge in [-0.25, -0.2) is 13.2 Å². The lowest BCUT2D eigenvalue weighted by Crippen LogP contribution is -2.56. The maximum Gasteiger partial charge on any atom is 0.319 e. The van der Waals surface area contributed by atoms with Gasteiger partial charge in [0.1, 0.15) is 28.7 Å². The fourth-order valence-corrected chi connectivity index (χ4v) is 8.72. The minimum atomic E-state index is -1.12. The highest BCUT2D eigenvalue weighted by Crippen LogP contribution is 2.53. The van der Waals surface area contributed by atoms with Crippen LogP contribution in [0.4, 0.5) is 19.0 Å². The van der Waals surface area contributed by atoms with Crippen molar-refractivity contribution in [2.75, 3.05) is 65.4 Å². The fourth-order valence-electron chi connectivity index (χ4n) is 7.56. The first-order chi connectivity index (χ1) is 22.9. The Morgan fingerprint density at radius 1 is 1.19 bits per heavy atom. The van der Waals surface area contributed by atoms with Gasteiger partial charge in [0, 0.05) is 67.9 Å². The topological polar surface area (TPSA) is 117 Å². The minimum absolute atomic E-state index is 0.00861. The predicted molar refractivity (Wildman–Crippen MR) is 179 cm³/mol. The molecule has 5 aliphatic rings. The molecule has 0 amide bonds. The Morgan fingerprint density at radius 3 is 2.60 bits per heavy atom. The summed E-state index contributed by atoms with van der Waals surface area (Å²) in [7, 11) is 6.03. The van der Waals surface area contributed by atoms with Crippen LogP contribution in [0.2, 0.25) is 0 Å². The lowest BCUT2D eigenvalue weighted by Gasteiger charge is -2.49. The molecule has 0 spiro atoms. The first kappa shape index (κ1) is 33.1. The largest absolute Gasteiger partial charge is 0.463 e. The fraction of sp³-hybridized carbons (Fsp3) is 0.588. The summed E-state index contributed by atoms with van der Waals surface area (Å²) in [6.45, 7) is 6.36. The van der Waals surface area contributed by atoms with Gasteiger partial charge in [0.15, 0.2) is 5.82 Å². The maximum absolute atomic E-state index is 16.8. The Morgan fingerprint density at radius 2 is 1.96 bits per heavy atom. The van der Waals surface area contributed by atoms with Crippen LogP contribution in [0.1, 0.15) is 44.7 Å². The highest BCUT2D eigenvalue weighted by atomic mass is 32.2. The summed E-state index contributed by atoms with van der Waals surface area (Å²) >= 11 is 0.925. The molecule has 7 rings (SSSR count). The number of halogens is 3. The number of pyridine rings is 1. The Balaban J connectivity index is 1.27. The number of thioether (sulfide) groups is 1. The van der Waals surface area contributed by atoms with Crippen LogP contribution in [0, 0.1) is 28.5 Å². The summed E-state index contributed by atoms with van der Waals surface area (Å²) in [5.74, 6) is -3.34. The molecular formula is C34H41F3N8O2S. The van der Waals surface area contributed by atoms with E-state index in [-0.39, 0.29) is 50.5 Å². The number of fused-ring (bicyclic) bond motifs is 2. The summed E-state index contributed by atoms with van der Waals surface area (Å²) in [5.41, 5.74) is 5.27. The van der Waals surface area contributed by atoms with E-state index in [0.29, 0.717) is 31.0 Å². The standard InChI is InChI=1S/C34H41F3N8O2S/c1-19-15-45(10-11-46-19)16-33(8-9-33)18-47-32-41-27-21(31(42-32)44(4)17-34(43(2)3)6-5-7-34)14-40-28(26(27)37)25-22(35)12-23(36)29-24(25)20(13-38)30(39)48-29/h12,14,19,24,29H,5-11,15-18,39H2,1-4H3/t19-,24?,29?/m1/s1. The minimum Gasteiger partial charge on any atom is -0.463 e. The molecule has 2 saturated carbocycles. The number of nitrogens with two attached hydrogens (primary N) is 1. The van der Waals surface area contributed by atoms with Crippen molar-refractivity contribution in [3.8, 4) is 12.1 Å². The molecule has 0 radical (unpaired) electrons. The summed E-state index contributed by atoms with van der Waals surface area (Å²) in [6.07, 6.45) is 7.49. The zero-order valence-corrected chi connectivity index (χ0v) is 28.5. The molecule has 14 heteroatoms. The highest BCUT2D eigenvalue weighted by Gasteiger charge is 2.47. The van der Waals surface area contributed by atoms with Gasteiger partial charge in [-0.3, -0.25) is 9.88 Å². The average Bonchev–Trinajstić information content (AvgIpc) is 3.70. The van der Waals surface area contributed by atoms with Crippen LogP contribution in [-0.2, 0) is 4.74 Å². The van der Waals surface area contributed by atoms with Crippen molar-refractivity contribution < 1.29 is 22.6 Å². The molecule has 2 unspecified atom stereocenters. The van der Waals surface area contributed by atoms with Gasteiger partial charge in [0.05, 0.1) is 46.6 Å². The normalized spacial score (nSPS) is 26.3. The van der Waals surface area contributed by atoms with Crippen LogP contribution in [0.15, 0.2) is 34.5 Å². The Hall–Kier alpha value is -3.38. The molecule has 2 aromatic rings. The van der Waals surface area contributed by atoms with Crippen molar-refractivity contribution in [2.45, 2.75) is 55.9 Å². The third-order valence-electron chi connectivity index (χ3n) is 10.7. The number of nitriles is 1. The van der Waals surface area contributed by atoms with E-state index in [1.54, 1.807) is 0 Å². The van der Waals surface area contributed by atoms with E-state index in [9.17, 15) is 9.65 Å². The van der Waals surface area contributed by atoms with Crippen LogP contribution in [0.25, 0.3) is 16.5 Å². The summed E-state index contributed by atoms with van der Waals surface area (Å²) in [6, 6.07) is 2.00. The lowest BCUT2D eigenvalue weighted by atomic mass is 9.75. The summed E-state index contributed by atoms with van der Waals surface area (Å²) < 4.78 is 59.3. The Kier molecular flexibility index (Phi) is 8.63. The summed E-state index contributed by atoms with van der Waals surface area (Å²) in [4.78, 5) is 20.3. The van der Waals surface area contributed by atoms with Crippen molar-refractivity contribution in [1.82, 2.24) is 24.8 Å². The van der Waals surface area contributed by atoms with Crippen molar-refractivity contribution in [2.24, 2.45) is 17.1 Å². The van der Waals surface area contributed by atoms with E-state index in [1.807, 2.05) is 18.0 Å². The van der Waals surface area contributed by atoms with E-state index >= 15 is 8.78 Å². The van der Waals surface area contributed by atoms with Crippen LogP contribution in [0.3, 0.4) is 0 Å². The van der Waals surface area contributed by atoms with E-state index in [2.05, 4.69) is 40.8 Å². The van der Waals surface area contributed by atoms with Crippen molar-refractivity contribution in [1.29, 1.82) is 5.26 Å². The molecule has 48 heavy (non-hydrogen) atoms. The first-order valence-corrected chi connectivity index (χ1v) is 17.4. The smallest absolute Gasteiger partial charge is 0.319 e. The number of morpholine rings is 1. The second-order valence-corrected chi connectivity index (χ2v) is 15.4. The zero-order chi connectivity index (χ0) is 34.0. The first-order valence-electron chi connectivity index (χ1n) is 16.5. The number of hydrogen-bond acceptors (Lipinski definition) is 11. The zero-order valence-electron chi connectivity index (χ0n) is 27.7. The van der Waals surface area contributed by atoms with E-state index in [4.69, 9.17) is 20.2 Å². The monoisotopic (exact) mass is 682 g/mol. The van der Waals surface area contributed by atoms with E-state index < -0.39 is 28.6 Å². The van der Waals surface area contributed by atoms with Crippen LogP contribution in [-0.4, -0.2) is 102 Å². The molecule has 2 N–H and O–H groups in total. The predicted octanol–water partition coefficient (Wildman–Crippen LogP) is 4.94.